The van der Waals surface area contributed by atoms with Crippen molar-refractivity contribution in [3.63, 3.8) is 0 Å². The average Bonchev–Trinajstić information content (AvgIpc) is 2.85. The zero-order chi connectivity index (χ0) is 13.0. The first-order chi connectivity index (χ1) is 8.70. The van der Waals surface area contributed by atoms with Crippen LogP contribution >= 0.6 is 0 Å². The van der Waals surface area contributed by atoms with Gasteiger partial charge in [-0.2, -0.15) is 0 Å². The number of esters is 1. The molecule has 6 nitrogen and oxygen atoms in total. The average molecular weight is 252 g/mol. The fourth-order valence-corrected chi connectivity index (χ4v) is 1.91. The zero-order valence-corrected chi connectivity index (χ0v) is 10.2. The molecule has 1 atom stereocenters. The van der Waals surface area contributed by atoms with E-state index in [0.717, 1.165) is 12.0 Å². The van der Waals surface area contributed by atoms with Gasteiger partial charge in [0, 0.05) is 31.1 Å². The number of furan rings is 1. The Balaban J connectivity index is 1.88. The summed E-state index contributed by atoms with van der Waals surface area (Å²) in [5.74, 6) is -0.162. The van der Waals surface area contributed by atoms with E-state index < -0.39 is 5.97 Å². The van der Waals surface area contributed by atoms with E-state index in [1.807, 2.05) is 0 Å². The number of rotatable bonds is 4. The Bertz CT molecular complexity index is 431. The van der Waals surface area contributed by atoms with Gasteiger partial charge >= 0.3 is 5.97 Å². The van der Waals surface area contributed by atoms with Gasteiger partial charge in [-0.15, -0.1) is 0 Å². The Morgan fingerprint density at radius 2 is 2.50 bits per heavy atom. The van der Waals surface area contributed by atoms with Gasteiger partial charge in [0.1, 0.15) is 0 Å². The molecule has 1 fully saturated rings. The first kappa shape index (κ1) is 12.6. The normalized spacial score (nSPS) is 19.4. The predicted molar refractivity (Wildman–Crippen MR) is 62.9 cm³/mol. The fraction of sp³-hybridized carbons (Fsp3) is 0.500. The van der Waals surface area contributed by atoms with Gasteiger partial charge in [-0.25, -0.2) is 4.79 Å². The Labute approximate surface area is 105 Å². The topological polar surface area (TPSA) is 80.6 Å². The highest BCUT2D eigenvalue weighted by atomic mass is 16.5. The smallest absolute Gasteiger partial charge is 0.374 e. The van der Waals surface area contributed by atoms with E-state index in [2.05, 4.69) is 15.4 Å². The Hall–Kier alpha value is -1.82. The van der Waals surface area contributed by atoms with Crippen molar-refractivity contribution in [3.8, 4) is 0 Å². The highest BCUT2D eigenvalue weighted by Crippen LogP contribution is 2.12. The van der Waals surface area contributed by atoms with Crippen LogP contribution in [0, 0.1) is 0 Å². The molecule has 0 radical (unpaired) electrons. The number of carbonyl (C=O) groups is 2. The van der Waals surface area contributed by atoms with Gasteiger partial charge in [0.05, 0.1) is 13.4 Å². The lowest BCUT2D eigenvalue weighted by atomic mass is 10.1. The molecule has 1 aliphatic heterocycles. The van der Waals surface area contributed by atoms with Gasteiger partial charge in [-0.1, -0.05) is 0 Å². The lowest BCUT2D eigenvalue weighted by Crippen LogP contribution is -2.45. The molecular weight excluding hydrogens is 236 g/mol. The minimum atomic E-state index is -0.478. The minimum Gasteiger partial charge on any atom is -0.463 e. The van der Waals surface area contributed by atoms with Gasteiger partial charge in [0.2, 0.25) is 11.7 Å². The Morgan fingerprint density at radius 1 is 1.67 bits per heavy atom. The van der Waals surface area contributed by atoms with Crippen LogP contribution in [-0.2, 0) is 16.1 Å². The molecule has 6 heteroatoms. The molecule has 2 N–H and O–H groups in total. The van der Waals surface area contributed by atoms with Crippen LogP contribution in [0.2, 0.25) is 0 Å². The van der Waals surface area contributed by atoms with Gasteiger partial charge in [0.15, 0.2) is 0 Å². The second-order valence-electron chi connectivity index (χ2n) is 4.19. The van der Waals surface area contributed by atoms with Crippen LogP contribution < -0.4 is 10.6 Å². The van der Waals surface area contributed by atoms with Crippen molar-refractivity contribution >= 4 is 11.9 Å². The lowest BCUT2D eigenvalue weighted by Gasteiger charge is -2.23. The first-order valence-electron chi connectivity index (χ1n) is 5.85. The molecule has 0 aliphatic carbocycles. The molecule has 1 aromatic heterocycles. The number of amides is 1. The van der Waals surface area contributed by atoms with Crippen molar-refractivity contribution in [1.82, 2.24) is 10.6 Å². The minimum absolute atomic E-state index is 0.0895. The van der Waals surface area contributed by atoms with Crippen molar-refractivity contribution in [3.05, 3.63) is 23.7 Å². The van der Waals surface area contributed by atoms with Gasteiger partial charge < -0.3 is 19.8 Å². The summed E-state index contributed by atoms with van der Waals surface area (Å²) in [5.41, 5.74) is 0.763. The van der Waals surface area contributed by atoms with E-state index in [9.17, 15) is 9.59 Å². The van der Waals surface area contributed by atoms with E-state index in [4.69, 9.17) is 4.42 Å². The summed E-state index contributed by atoms with van der Waals surface area (Å²) in [4.78, 5) is 22.4. The van der Waals surface area contributed by atoms with Gasteiger partial charge in [-0.05, 0) is 12.5 Å². The van der Waals surface area contributed by atoms with Crippen LogP contribution in [0.25, 0.3) is 0 Å². The Morgan fingerprint density at radius 3 is 3.17 bits per heavy atom. The quantitative estimate of drug-likeness (QED) is 0.760. The molecule has 1 amide bonds. The molecule has 0 spiro atoms. The van der Waals surface area contributed by atoms with E-state index in [0.29, 0.717) is 19.5 Å². The monoisotopic (exact) mass is 252 g/mol. The molecule has 2 heterocycles. The van der Waals surface area contributed by atoms with Crippen LogP contribution in [0.15, 0.2) is 16.7 Å². The first-order valence-corrected chi connectivity index (χ1v) is 5.85. The van der Waals surface area contributed by atoms with Crippen LogP contribution in [0.5, 0.6) is 0 Å². The lowest BCUT2D eigenvalue weighted by molar-refractivity contribution is -0.122. The summed E-state index contributed by atoms with van der Waals surface area (Å²) >= 11 is 0. The zero-order valence-electron chi connectivity index (χ0n) is 10.2. The molecule has 18 heavy (non-hydrogen) atoms. The molecule has 1 saturated heterocycles. The van der Waals surface area contributed by atoms with Gasteiger partial charge in [-0.3, -0.25) is 4.79 Å². The van der Waals surface area contributed by atoms with Crippen molar-refractivity contribution in [2.24, 2.45) is 0 Å². The summed E-state index contributed by atoms with van der Waals surface area (Å²) < 4.78 is 9.71. The molecule has 1 aromatic rings. The maximum Gasteiger partial charge on any atom is 0.374 e. The molecule has 0 aromatic carbocycles. The van der Waals surface area contributed by atoms with Crippen LogP contribution in [0.3, 0.4) is 0 Å². The van der Waals surface area contributed by atoms with Crippen molar-refractivity contribution in [1.29, 1.82) is 0 Å². The molecule has 1 unspecified atom stereocenters. The third-order valence-electron chi connectivity index (χ3n) is 2.96. The number of carbonyl (C=O) groups excluding carboxylic acids is 2. The molecule has 2 rings (SSSR count). The highest BCUT2D eigenvalue weighted by Gasteiger charge is 2.20. The van der Waals surface area contributed by atoms with Crippen molar-refractivity contribution in [2.75, 3.05) is 13.7 Å². The number of ether oxygens (including phenoxy) is 1. The van der Waals surface area contributed by atoms with E-state index >= 15 is 0 Å². The molecular formula is C12H16N2O4. The second kappa shape index (κ2) is 5.68. The summed E-state index contributed by atoms with van der Waals surface area (Å²) in [6, 6.07) is 1.96. The summed E-state index contributed by atoms with van der Waals surface area (Å²) in [5, 5.41) is 6.08. The van der Waals surface area contributed by atoms with E-state index in [1.165, 1.54) is 13.4 Å². The number of hydrogen-bond acceptors (Lipinski definition) is 5. The SMILES string of the molecule is COC(=O)c1occc1CNC1CCC(=O)NC1. The maximum atomic E-state index is 11.4. The van der Waals surface area contributed by atoms with Crippen molar-refractivity contribution in [2.45, 2.75) is 25.4 Å². The molecule has 98 valence electrons. The van der Waals surface area contributed by atoms with E-state index in [-0.39, 0.29) is 17.7 Å². The largest absolute Gasteiger partial charge is 0.463 e. The molecule has 0 saturated carbocycles. The van der Waals surface area contributed by atoms with Crippen molar-refractivity contribution < 1.29 is 18.7 Å². The maximum absolute atomic E-state index is 11.4. The van der Waals surface area contributed by atoms with E-state index in [1.54, 1.807) is 6.07 Å². The van der Waals surface area contributed by atoms with Crippen LogP contribution in [0.1, 0.15) is 29.0 Å². The highest BCUT2D eigenvalue weighted by molar-refractivity contribution is 5.87. The summed E-state index contributed by atoms with van der Waals surface area (Å²) in [7, 11) is 1.32. The number of piperidine rings is 1. The summed E-state index contributed by atoms with van der Waals surface area (Å²) in [6.45, 7) is 1.13. The fourth-order valence-electron chi connectivity index (χ4n) is 1.91. The molecule has 0 bridgehead atoms. The van der Waals surface area contributed by atoms with Crippen LogP contribution in [0.4, 0.5) is 0 Å². The molecule has 1 aliphatic rings. The van der Waals surface area contributed by atoms with Gasteiger partial charge in [0.25, 0.3) is 0 Å². The predicted octanol–water partition coefficient (Wildman–Crippen LogP) is 0.434. The number of hydrogen-bond donors (Lipinski definition) is 2. The third-order valence-corrected chi connectivity index (χ3v) is 2.96. The number of methoxy groups -OCH3 is 1. The number of nitrogens with one attached hydrogen (secondary N) is 2. The Kier molecular flexibility index (Phi) is 3.99. The third kappa shape index (κ3) is 2.89. The van der Waals surface area contributed by atoms with Crippen LogP contribution in [-0.4, -0.2) is 31.6 Å². The second-order valence-corrected chi connectivity index (χ2v) is 4.19. The standard InChI is InChI=1S/C12H16N2O4/c1-17-12(16)11-8(4-5-18-11)6-13-9-2-3-10(15)14-7-9/h4-5,9,13H,2-3,6-7H2,1H3,(H,14,15). The summed E-state index contributed by atoms with van der Waals surface area (Å²) in [6.07, 6.45) is 2.80.